The fourth-order valence-electron chi connectivity index (χ4n) is 3.33. The number of nitrogens with one attached hydrogen (secondary N) is 1. The van der Waals surface area contributed by atoms with Crippen LogP contribution in [0.5, 0.6) is 0 Å². The minimum atomic E-state index is -5.08. The number of hydrogen-bond acceptors (Lipinski definition) is 5. The van der Waals surface area contributed by atoms with E-state index in [1.165, 1.54) is 5.56 Å². The third-order valence-corrected chi connectivity index (χ3v) is 4.91. The number of anilines is 1. The van der Waals surface area contributed by atoms with E-state index in [4.69, 9.17) is 19.3 Å². The molecule has 0 aliphatic heterocycles. The number of para-hydroxylation sites is 1. The van der Waals surface area contributed by atoms with Gasteiger partial charge in [-0.25, -0.2) is 9.78 Å². The van der Waals surface area contributed by atoms with E-state index in [-0.39, 0.29) is 0 Å². The number of fused-ring (bicyclic) bond motifs is 1. The minimum absolute atomic E-state index is 0.791. The maximum absolute atomic E-state index is 10.6. The average molecular weight is 474 g/mol. The van der Waals surface area contributed by atoms with Gasteiger partial charge in [0, 0.05) is 33.7 Å². The van der Waals surface area contributed by atoms with Crippen molar-refractivity contribution in [1.29, 1.82) is 0 Å². The highest BCUT2D eigenvalue weighted by Gasteiger charge is 2.38. The number of imidazole rings is 1. The van der Waals surface area contributed by atoms with E-state index in [2.05, 4.69) is 57.2 Å². The summed E-state index contributed by atoms with van der Waals surface area (Å²) in [7, 11) is 4.09. The van der Waals surface area contributed by atoms with Crippen molar-refractivity contribution in [3.63, 3.8) is 0 Å². The molecule has 4 rings (SSSR count). The molecule has 7 nitrogen and oxygen atoms in total. The highest BCUT2D eigenvalue weighted by molar-refractivity contribution is 5.91. The van der Waals surface area contributed by atoms with E-state index < -0.39 is 12.1 Å². The van der Waals surface area contributed by atoms with Crippen LogP contribution in [0.4, 0.5) is 18.9 Å². The standard InChI is InChI=1S/C22H24N4O.C2HF3O2/c1-25(2)18-10-6-11-19-21(18)24-22(20-12-7-15-27-20)26(19)14-13-23-16-17-8-4-3-5-9-17;3-2(4,5)1(6)7/h3-12,15,23H,13-14,16H2,1-2H3;(H,6,7). The first-order chi connectivity index (χ1) is 16.2. The summed E-state index contributed by atoms with van der Waals surface area (Å²) < 4.78 is 39.6. The van der Waals surface area contributed by atoms with Crippen molar-refractivity contribution in [3.05, 3.63) is 72.5 Å². The number of alkyl halides is 3. The molecule has 34 heavy (non-hydrogen) atoms. The number of furan rings is 1. The second-order valence-corrected chi connectivity index (χ2v) is 7.57. The van der Waals surface area contributed by atoms with E-state index in [1.54, 1.807) is 6.26 Å². The van der Waals surface area contributed by atoms with Gasteiger partial charge in [-0.3, -0.25) is 0 Å². The number of aliphatic carboxylic acids is 1. The molecule has 0 aliphatic rings. The van der Waals surface area contributed by atoms with E-state index in [0.29, 0.717) is 0 Å². The van der Waals surface area contributed by atoms with Gasteiger partial charge in [0.05, 0.1) is 17.5 Å². The van der Waals surface area contributed by atoms with Crippen molar-refractivity contribution < 1.29 is 27.5 Å². The molecule has 0 spiro atoms. The number of rotatable bonds is 7. The predicted octanol–water partition coefficient (Wildman–Crippen LogP) is 4.79. The zero-order valence-corrected chi connectivity index (χ0v) is 18.7. The molecule has 10 heteroatoms. The number of benzene rings is 2. The van der Waals surface area contributed by atoms with Crippen molar-refractivity contribution in [3.8, 4) is 11.6 Å². The number of aromatic nitrogens is 2. The summed E-state index contributed by atoms with van der Waals surface area (Å²) in [6, 6.07) is 20.6. The van der Waals surface area contributed by atoms with E-state index in [1.807, 2.05) is 32.3 Å². The van der Waals surface area contributed by atoms with Crippen LogP contribution in [-0.2, 0) is 17.9 Å². The molecule has 0 bridgehead atoms. The third kappa shape index (κ3) is 6.16. The van der Waals surface area contributed by atoms with Crippen molar-refractivity contribution in [2.45, 2.75) is 19.3 Å². The van der Waals surface area contributed by atoms with Gasteiger partial charge in [0.2, 0.25) is 0 Å². The molecule has 4 aromatic rings. The fraction of sp³-hybridized carbons (Fsp3) is 0.250. The summed E-state index contributed by atoms with van der Waals surface area (Å²) in [5, 5.41) is 10.6. The normalized spacial score (nSPS) is 11.2. The van der Waals surface area contributed by atoms with Gasteiger partial charge in [0.1, 0.15) is 5.52 Å². The lowest BCUT2D eigenvalue weighted by Gasteiger charge is -2.13. The van der Waals surface area contributed by atoms with Crippen molar-refractivity contribution in [2.24, 2.45) is 0 Å². The molecule has 0 fully saturated rings. The Balaban J connectivity index is 0.000000406. The monoisotopic (exact) mass is 474 g/mol. The molecule has 0 atom stereocenters. The average Bonchev–Trinajstić information content (AvgIpc) is 3.45. The Morgan fingerprint density at radius 2 is 1.79 bits per heavy atom. The summed E-state index contributed by atoms with van der Waals surface area (Å²) in [5.74, 6) is -1.10. The largest absolute Gasteiger partial charge is 0.490 e. The van der Waals surface area contributed by atoms with E-state index >= 15 is 0 Å². The van der Waals surface area contributed by atoms with Crippen molar-refractivity contribution >= 4 is 22.7 Å². The highest BCUT2D eigenvalue weighted by Crippen LogP contribution is 2.30. The van der Waals surface area contributed by atoms with Gasteiger partial charge in [0.25, 0.3) is 0 Å². The van der Waals surface area contributed by atoms with E-state index in [9.17, 15) is 13.2 Å². The van der Waals surface area contributed by atoms with Gasteiger partial charge < -0.3 is 24.3 Å². The van der Waals surface area contributed by atoms with Gasteiger partial charge in [-0.1, -0.05) is 36.4 Å². The van der Waals surface area contributed by atoms with Crippen LogP contribution < -0.4 is 10.2 Å². The molecular weight excluding hydrogens is 449 g/mol. The minimum Gasteiger partial charge on any atom is -0.475 e. The Hall–Kier alpha value is -3.79. The first-order valence-electron chi connectivity index (χ1n) is 10.4. The van der Waals surface area contributed by atoms with Crippen molar-refractivity contribution in [1.82, 2.24) is 14.9 Å². The van der Waals surface area contributed by atoms with Crippen LogP contribution in [0.15, 0.2) is 71.3 Å². The van der Waals surface area contributed by atoms with Crippen LogP contribution in [0.1, 0.15) is 5.56 Å². The molecule has 0 unspecified atom stereocenters. The number of carboxylic acids is 1. The smallest absolute Gasteiger partial charge is 0.475 e. The van der Waals surface area contributed by atoms with Gasteiger partial charge >= 0.3 is 12.1 Å². The molecule has 180 valence electrons. The Labute approximate surface area is 194 Å². The summed E-state index contributed by atoms with van der Waals surface area (Å²) >= 11 is 0. The van der Waals surface area contributed by atoms with Gasteiger partial charge in [-0.05, 0) is 29.8 Å². The highest BCUT2D eigenvalue weighted by atomic mass is 19.4. The Bertz CT molecular complexity index is 1200. The number of carboxylic acid groups (broad SMARTS) is 1. The molecule has 2 N–H and O–H groups in total. The van der Waals surface area contributed by atoms with Crippen LogP contribution >= 0.6 is 0 Å². The number of carbonyl (C=O) groups is 1. The van der Waals surface area contributed by atoms with Gasteiger partial charge in [0.15, 0.2) is 11.6 Å². The Morgan fingerprint density at radius 1 is 1.09 bits per heavy atom. The zero-order valence-electron chi connectivity index (χ0n) is 18.7. The first-order valence-corrected chi connectivity index (χ1v) is 10.4. The quantitative estimate of drug-likeness (QED) is 0.375. The van der Waals surface area contributed by atoms with Crippen LogP contribution in [0.3, 0.4) is 0 Å². The Kier molecular flexibility index (Phi) is 7.95. The van der Waals surface area contributed by atoms with Gasteiger partial charge in [-0.2, -0.15) is 13.2 Å². The lowest BCUT2D eigenvalue weighted by Crippen LogP contribution is -2.21. The van der Waals surface area contributed by atoms with E-state index in [0.717, 1.165) is 47.9 Å². The first kappa shape index (κ1) is 24.8. The summed E-state index contributed by atoms with van der Waals surface area (Å²) in [5.41, 5.74) is 4.51. The molecule has 0 saturated carbocycles. The van der Waals surface area contributed by atoms with Gasteiger partial charge in [-0.15, -0.1) is 0 Å². The summed E-state index contributed by atoms with van der Waals surface area (Å²) in [4.78, 5) is 15.9. The van der Waals surface area contributed by atoms with Crippen LogP contribution in [0, 0.1) is 0 Å². The topological polar surface area (TPSA) is 83.5 Å². The molecular formula is C24H25F3N4O3. The van der Waals surface area contributed by atoms with Crippen LogP contribution in [0.25, 0.3) is 22.6 Å². The lowest BCUT2D eigenvalue weighted by atomic mass is 10.2. The summed E-state index contributed by atoms with van der Waals surface area (Å²) in [6.45, 7) is 2.52. The molecule has 2 aromatic carbocycles. The third-order valence-electron chi connectivity index (χ3n) is 4.91. The molecule has 0 radical (unpaired) electrons. The van der Waals surface area contributed by atoms with Crippen LogP contribution in [-0.4, -0.2) is 47.4 Å². The van der Waals surface area contributed by atoms with Crippen LogP contribution in [0.2, 0.25) is 0 Å². The second kappa shape index (κ2) is 10.9. The number of hydrogen-bond donors (Lipinski definition) is 2. The lowest BCUT2D eigenvalue weighted by molar-refractivity contribution is -0.192. The fourth-order valence-corrected chi connectivity index (χ4v) is 3.33. The molecule has 0 amide bonds. The maximum atomic E-state index is 10.6. The number of halogens is 3. The predicted molar refractivity (Wildman–Crippen MR) is 124 cm³/mol. The zero-order chi connectivity index (χ0) is 24.7. The number of nitrogens with zero attached hydrogens (tertiary/aromatic N) is 3. The van der Waals surface area contributed by atoms with Crippen molar-refractivity contribution in [2.75, 3.05) is 25.5 Å². The summed E-state index contributed by atoms with van der Waals surface area (Å²) in [6.07, 6.45) is -3.39. The molecule has 0 aliphatic carbocycles. The molecule has 0 saturated heterocycles. The SMILES string of the molecule is CN(C)c1cccc2c1nc(-c1ccco1)n2CCNCc1ccccc1.O=C(O)C(F)(F)F. The Morgan fingerprint density at radius 3 is 2.38 bits per heavy atom. The molecule has 2 heterocycles. The molecule has 2 aromatic heterocycles. The second-order valence-electron chi connectivity index (χ2n) is 7.57. The maximum Gasteiger partial charge on any atom is 0.490 e.